The predicted octanol–water partition coefficient (Wildman–Crippen LogP) is -1.39. The van der Waals surface area contributed by atoms with Gasteiger partial charge in [0.2, 0.25) is 0 Å². The maximum Gasteiger partial charge on any atom is -0.870 e. The van der Waals surface area contributed by atoms with E-state index in [0.717, 1.165) is 0 Å². The molecular weight excluding hydrogens is 476 g/mol. The van der Waals surface area contributed by atoms with Crippen molar-refractivity contribution in [3.8, 4) is 0 Å². The van der Waals surface area contributed by atoms with Gasteiger partial charge in [-0.15, -0.1) is 0 Å². The number of carbonyl (C=O) groups excluding carboxylic acids is 1. The molecule has 0 bridgehead atoms. The fourth-order valence-corrected chi connectivity index (χ4v) is 1.81. The first-order valence-corrected chi connectivity index (χ1v) is 10.8. The van der Waals surface area contributed by atoms with Crippen molar-refractivity contribution in [2.75, 3.05) is 32.7 Å². The summed E-state index contributed by atoms with van der Waals surface area (Å²) in [5.74, 6) is -3.71. The molecule has 0 rings (SSSR count). The van der Waals surface area contributed by atoms with E-state index in [-0.39, 0.29) is 53.3 Å². The summed E-state index contributed by atoms with van der Waals surface area (Å²) in [5.41, 5.74) is 0. The summed E-state index contributed by atoms with van der Waals surface area (Å²) >= 11 is -0.346. The first-order chi connectivity index (χ1) is 11.0. The number of aliphatic carboxylic acids is 3. The molecule has 0 aliphatic heterocycles. The maximum atomic E-state index is 10.9. The van der Waals surface area contributed by atoms with E-state index in [1.807, 2.05) is 0 Å². The standard InChI is InChI=1S/C11H18N2O8.2ClH.H2O.Ru/c1-7(13(5-10(18)19)6-11(20)21)2-12(3-8(14)15)4-9(16)17;;;;/h7H,2-6H2,1H3,(H,14,15)(H,16,17)(H,18,19)(H,20,21);2*1H;1H2;/q;;;;+2/p+1. The average molecular weight is 499 g/mol. The van der Waals surface area contributed by atoms with Gasteiger partial charge in [0.1, 0.15) is 0 Å². The van der Waals surface area contributed by atoms with E-state index in [4.69, 9.17) is 54.2 Å². The van der Waals surface area contributed by atoms with Crippen molar-refractivity contribution in [2.24, 2.45) is 0 Å². The molecule has 25 heavy (non-hydrogen) atoms. The fourth-order valence-electron chi connectivity index (χ4n) is 1.81. The molecule has 0 aliphatic rings. The Labute approximate surface area is 159 Å². The van der Waals surface area contributed by atoms with Gasteiger partial charge in [0.25, 0.3) is 0 Å². The Balaban J connectivity index is -0.00000112. The van der Waals surface area contributed by atoms with Crippen LogP contribution in [0.1, 0.15) is 6.92 Å². The number of carboxylic acid groups (broad SMARTS) is 3. The summed E-state index contributed by atoms with van der Waals surface area (Å²) in [5, 5.41) is 33.5. The summed E-state index contributed by atoms with van der Waals surface area (Å²) in [6.45, 7) is 0.225. The first-order valence-electron chi connectivity index (χ1n) is 6.30. The Hall–Kier alpha value is -1.04. The van der Waals surface area contributed by atoms with Gasteiger partial charge >= 0.3 is 58.4 Å². The minimum atomic E-state index is -0.928. The Kier molecular flexibility index (Phi) is 18.9. The first kappa shape index (κ1) is 28.8. The van der Waals surface area contributed by atoms with Crippen molar-refractivity contribution < 1.29 is 60.2 Å². The SMILES string of the molecule is CC(CN(CC(O)=[OH+])CC(O)=[OH+])N(CC(=O)[OH2+])CC(O)=[OH+].[Cl][Ru][Cl].[OH-]. The maximum absolute atomic E-state index is 10.9. The van der Waals surface area contributed by atoms with Crippen LogP contribution in [-0.4, -0.2) is 113 Å². The molecule has 0 heterocycles. The van der Waals surface area contributed by atoms with Crippen molar-refractivity contribution in [2.45, 2.75) is 13.0 Å². The Morgan fingerprint density at radius 3 is 1.68 bits per heavy atom. The van der Waals surface area contributed by atoms with Crippen LogP contribution in [0.4, 0.5) is 0 Å². The summed E-state index contributed by atoms with van der Waals surface area (Å²) in [4.78, 5) is 40.0. The van der Waals surface area contributed by atoms with Crippen LogP contribution in [0.5, 0.6) is 0 Å². The second-order valence-electron chi connectivity index (χ2n) is 4.65. The molecule has 0 fully saturated rings. The molecule has 1 atom stereocenters. The van der Waals surface area contributed by atoms with Crippen molar-refractivity contribution >= 4 is 43.3 Å². The molecule has 0 aliphatic carbocycles. The second-order valence-corrected chi connectivity index (χ2v) is 7.28. The molecule has 0 radical (unpaired) electrons. The van der Waals surface area contributed by atoms with Crippen LogP contribution in [0.3, 0.4) is 0 Å². The second kappa shape index (κ2) is 16.4. The van der Waals surface area contributed by atoms with Gasteiger partial charge in [0.05, 0.1) is 0 Å². The fraction of sp³-hybridized carbons (Fsp3) is 0.636. The van der Waals surface area contributed by atoms with Crippen LogP contribution in [0, 0.1) is 0 Å². The van der Waals surface area contributed by atoms with E-state index in [1.54, 1.807) is 6.92 Å². The van der Waals surface area contributed by atoms with Crippen LogP contribution >= 0.6 is 19.4 Å². The van der Waals surface area contributed by atoms with Gasteiger partial charge in [-0.3, -0.25) is 9.80 Å². The third-order valence-corrected chi connectivity index (χ3v) is 2.57. The molecule has 0 aromatic carbocycles. The van der Waals surface area contributed by atoms with E-state index in [1.165, 1.54) is 9.80 Å². The van der Waals surface area contributed by atoms with E-state index in [2.05, 4.69) is 0 Å². The van der Waals surface area contributed by atoms with Gasteiger partial charge in [0, 0.05) is 17.4 Å². The van der Waals surface area contributed by atoms with Crippen LogP contribution in [0.15, 0.2) is 0 Å². The number of carboxylic acids is 3. The molecule has 0 spiro atoms. The number of aliphatic hydroxyl groups excluding tert-OH is 3. The molecule has 0 aromatic rings. The Morgan fingerprint density at radius 2 is 1.40 bits per heavy atom. The number of carbonyl (C=O) groups is 1. The molecule has 0 saturated heterocycles. The topological polar surface area (TPSA) is 201 Å². The third-order valence-electron chi connectivity index (χ3n) is 2.57. The monoisotopic (exact) mass is 499 g/mol. The van der Waals surface area contributed by atoms with E-state index in [9.17, 15) is 4.79 Å². The predicted molar refractivity (Wildman–Crippen MR) is 88.5 cm³/mol. The molecule has 0 aromatic heterocycles. The zero-order valence-electron chi connectivity index (χ0n) is 13.2. The van der Waals surface area contributed by atoms with E-state index < -0.39 is 29.9 Å². The zero-order valence-corrected chi connectivity index (χ0v) is 16.4. The smallest absolute Gasteiger partial charge is 0.870 e. The van der Waals surface area contributed by atoms with E-state index in [0.29, 0.717) is 0 Å². The molecule has 0 saturated carbocycles. The Bertz CT molecular complexity index is 410. The zero-order chi connectivity index (χ0) is 19.3. The molecule has 0 amide bonds. The van der Waals surface area contributed by atoms with Gasteiger partial charge in [-0.2, -0.15) is 0 Å². The number of hydrogen-bond acceptors (Lipinski definition) is 4. The van der Waals surface area contributed by atoms with Gasteiger partial charge < -0.3 is 40.3 Å². The quantitative estimate of drug-likeness (QED) is 0.229. The number of halogens is 2. The number of rotatable bonds is 11. The molecular formula is C11H23Cl2N2O9Ru+3. The van der Waals surface area contributed by atoms with Crippen LogP contribution in [0.25, 0.3) is 0 Å². The third kappa shape index (κ3) is 19.1. The van der Waals surface area contributed by atoms with Gasteiger partial charge in [-0.05, 0) is 6.92 Å². The number of hydrogen-bond donors (Lipinski definition) is 3. The molecule has 9 N–H and O–H groups in total. The summed E-state index contributed by atoms with van der Waals surface area (Å²) in [6.07, 6.45) is 0. The van der Waals surface area contributed by atoms with Crippen LogP contribution < -0.4 is 0 Å². The van der Waals surface area contributed by atoms with Crippen LogP contribution in [-0.2, 0) is 19.9 Å². The molecule has 11 nitrogen and oxygen atoms in total. The summed E-state index contributed by atoms with van der Waals surface area (Å²) in [7, 11) is 9.71. The molecule has 150 valence electrons. The van der Waals surface area contributed by atoms with Gasteiger partial charge in [0.15, 0.2) is 26.2 Å². The van der Waals surface area contributed by atoms with E-state index >= 15 is 0 Å². The average Bonchev–Trinajstić information content (AvgIpc) is 2.35. The van der Waals surface area contributed by atoms with Crippen molar-refractivity contribution in [1.29, 1.82) is 0 Å². The largest absolute Gasteiger partial charge is 0.870 e. The van der Waals surface area contributed by atoms with Gasteiger partial charge in [-0.1, -0.05) is 0 Å². The summed E-state index contributed by atoms with van der Waals surface area (Å²) < 4.78 is 0. The molecule has 1 unspecified atom stereocenters. The van der Waals surface area contributed by atoms with Gasteiger partial charge in [-0.25, -0.2) is 0 Å². The van der Waals surface area contributed by atoms with Crippen molar-refractivity contribution in [3.05, 3.63) is 0 Å². The summed E-state index contributed by atoms with van der Waals surface area (Å²) in [6, 6.07) is -0.507. The van der Waals surface area contributed by atoms with Crippen molar-refractivity contribution in [3.63, 3.8) is 0 Å². The minimum absolute atomic E-state index is 0. The van der Waals surface area contributed by atoms with Crippen molar-refractivity contribution in [1.82, 2.24) is 9.80 Å². The molecule has 14 heteroatoms. The van der Waals surface area contributed by atoms with Crippen LogP contribution in [0.2, 0.25) is 0 Å². The minimum Gasteiger partial charge on any atom is -0.870 e. The number of nitrogens with zero attached hydrogens (tertiary/aromatic N) is 2. The Morgan fingerprint density at radius 1 is 1.04 bits per heavy atom. The normalized spacial score (nSPS) is 11.2.